The number of amides is 1. The number of carbonyl (C=O) groups is 2. The van der Waals surface area contributed by atoms with Gasteiger partial charge in [0.15, 0.2) is 6.61 Å². The first-order valence-corrected chi connectivity index (χ1v) is 7.55. The van der Waals surface area contributed by atoms with Crippen molar-refractivity contribution in [3.63, 3.8) is 0 Å². The summed E-state index contributed by atoms with van der Waals surface area (Å²) in [6.45, 7) is 3.74. The molecule has 2 rings (SSSR count). The normalized spacial score (nSPS) is 11.9. The summed E-state index contributed by atoms with van der Waals surface area (Å²) in [5.74, 6) is -0.751. The molecule has 0 saturated carbocycles. The Kier molecular flexibility index (Phi) is 5.53. The third-order valence-electron chi connectivity index (χ3n) is 3.45. The van der Waals surface area contributed by atoms with Gasteiger partial charge >= 0.3 is 5.97 Å². The molecule has 0 aliphatic rings. The second-order valence-corrected chi connectivity index (χ2v) is 5.40. The molecule has 0 heterocycles. The van der Waals surface area contributed by atoms with E-state index in [0.717, 1.165) is 23.6 Å². The topological polar surface area (TPSA) is 55.4 Å². The highest BCUT2D eigenvalue weighted by Crippen LogP contribution is 2.16. The maximum Gasteiger partial charge on any atom is 0.338 e. The molecule has 0 aromatic heterocycles. The standard InChI is InChI=1S/C18H21NO3/c1-3-6-13(2)19-17(20)12-22-18(21)16-10-9-14-7-4-5-8-15(14)11-16/h4-5,7-11,13H,3,6,12H2,1-2H3,(H,19,20). The minimum Gasteiger partial charge on any atom is -0.452 e. The number of rotatable bonds is 6. The summed E-state index contributed by atoms with van der Waals surface area (Å²) < 4.78 is 5.07. The lowest BCUT2D eigenvalue weighted by atomic mass is 10.1. The second kappa shape index (κ2) is 7.59. The quantitative estimate of drug-likeness (QED) is 0.833. The van der Waals surface area contributed by atoms with Crippen LogP contribution < -0.4 is 5.32 Å². The Hall–Kier alpha value is -2.36. The number of nitrogens with one attached hydrogen (secondary N) is 1. The molecule has 0 radical (unpaired) electrons. The Morgan fingerprint density at radius 3 is 2.59 bits per heavy atom. The molecule has 2 aromatic carbocycles. The molecular weight excluding hydrogens is 278 g/mol. The molecule has 0 saturated heterocycles. The van der Waals surface area contributed by atoms with Gasteiger partial charge in [0.1, 0.15) is 0 Å². The van der Waals surface area contributed by atoms with Gasteiger partial charge in [-0.3, -0.25) is 4.79 Å². The largest absolute Gasteiger partial charge is 0.452 e. The van der Waals surface area contributed by atoms with Gasteiger partial charge in [0.05, 0.1) is 5.56 Å². The number of benzene rings is 2. The SMILES string of the molecule is CCCC(C)NC(=O)COC(=O)c1ccc2ccccc2c1. The fraction of sp³-hybridized carbons (Fsp3) is 0.333. The van der Waals surface area contributed by atoms with E-state index < -0.39 is 5.97 Å². The number of fused-ring (bicyclic) bond motifs is 1. The van der Waals surface area contributed by atoms with E-state index >= 15 is 0 Å². The fourth-order valence-electron chi connectivity index (χ4n) is 2.35. The first-order valence-electron chi connectivity index (χ1n) is 7.55. The molecule has 2 aromatic rings. The van der Waals surface area contributed by atoms with Crippen molar-refractivity contribution >= 4 is 22.6 Å². The van der Waals surface area contributed by atoms with Crippen LogP contribution in [0.4, 0.5) is 0 Å². The molecule has 1 amide bonds. The van der Waals surface area contributed by atoms with Gasteiger partial charge in [0, 0.05) is 6.04 Å². The molecule has 1 unspecified atom stereocenters. The van der Waals surface area contributed by atoms with Crippen molar-refractivity contribution in [3.8, 4) is 0 Å². The minimum atomic E-state index is -0.482. The van der Waals surface area contributed by atoms with E-state index in [4.69, 9.17) is 4.74 Å². The predicted octanol–water partition coefficient (Wildman–Crippen LogP) is 3.30. The van der Waals surface area contributed by atoms with Gasteiger partial charge in [0.2, 0.25) is 0 Å². The van der Waals surface area contributed by atoms with Crippen LogP contribution >= 0.6 is 0 Å². The van der Waals surface area contributed by atoms with Crippen LogP contribution in [0.15, 0.2) is 42.5 Å². The zero-order valence-electron chi connectivity index (χ0n) is 13.0. The van der Waals surface area contributed by atoms with Crippen LogP contribution in [0, 0.1) is 0 Å². The average molecular weight is 299 g/mol. The van der Waals surface area contributed by atoms with Gasteiger partial charge in [-0.25, -0.2) is 4.79 Å². The third-order valence-corrected chi connectivity index (χ3v) is 3.45. The predicted molar refractivity (Wildman–Crippen MR) is 86.7 cm³/mol. The molecule has 1 N–H and O–H groups in total. The van der Waals surface area contributed by atoms with Gasteiger partial charge in [-0.1, -0.05) is 43.7 Å². The Bertz CT molecular complexity index is 666. The molecule has 0 spiro atoms. The first-order chi connectivity index (χ1) is 10.6. The molecule has 0 bridgehead atoms. The lowest BCUT2D eigenvalue weighted by Crippen LogP contribution is -2.35. The first kappa shape index (κ1) is 16.0. The molecule has 22 heavy (non-hydrogen) atoms. The van der Waals surface area contributed by atoms with Crippen LogP contribution in [0.1, 0.15) is 37.0 Å². The maximum absolute atomic E-state index is 12.0. The molecular formula is C18H21NO3. The zero-order chi connectivity index (χ0) is 15.9. The molecule has 0 fully saturated rings. The molecule has 0 aliphatic heterocycles. The molecule has 0 aliphatic carbocycles. The van der Waals surface area contributed by atoms with Crippen molar-refractivity contribution in [2.75, 3.05) is 6.61 Å². The summed E-state index contributed by atoms with van der Waals surface area (Å²) in [6.07, 6.45) is 1.91. The highest BCUT2D eigenvalue weighted by molar-refractivity contribution is 5.96. The van der Waals surface area contributed by atoms with Crippen molar-refractivity contribution in [3.05, 3.63) is 48.0 Å². The van der Waals surface area contributed by atoms with Crippen LogP contribution in [0.25, 0.3) is 10.8 Å². The van der Waals surface area contributed by atoms with Crippen molar-refractivity contribution in [1.82, 2.24) is 5.32 Å². The van der Waals surface area contributed by atoms with Gasteiger partial charge in [-0.05, 0) is 36.2 Å². The van der Waals surface area contributed by atoms with E-state index in [2.05, 4.69) is 12.2 Å². The number of carbonyl (C=O) groups excluding carboxylic acids is 2. The summed E-state index contributed by atoms with van der Waals surface area (Å²) in [5.41, 5.74) is 0.452. The second-order valence-electron chi connectivity index (χ2n) is 5.40. The molecule has 1 atom stereocenters. The van der Waals surface area contributed by atoms with Crippen LogP contribution in [0.2, 0.25) is 0 Å². The summed E-state index contributed by atoms with van der Waals surface area (Å²) in [6, 6.07) is 13.2. The zero-order valence-corrected chi connectivity index (χ0v) is 13.0. The van der Waals surface area contributed by atoms with Gasteiger partial charge in [-0.15, -0.1) is 0 Å². The Morgan fingerprint density at radius 1 is 1.14 bits per heavy atom. The highest BCUT2D eigenvalue weighted by atomic mass is 16.5. The van der Waals surface area contributed by atoms with Crippen LogP contribution in [-0.4, -0.2) is 24.5 Å². The molecule has 116 valence electrons. The number of esters is 1. The van der Waals surface area contributed by atoms with Crippen LogP contribution in [0.5, 0.6) is 0 Å². The average Bonchev–Trinajstić information content (AvgIpc) is 2.52. The number of ether oxygens (including phenoxy) is 1. The van der Waals surface area contributed by atoms with Crippen LogP contribution in [-0.2, 0) is 9.53 Å². The lowest BCUT2D eigenvalue weighted by Gasteiger charge is -2.12. The lowest BCUT2D eigenvalue weighted by molar-refractivity contribution is -0.124. The van der Waals surface area contributed by atoms with Gasteiger partial charge in [0.25, 0.3) is 5.91 Å². The molecule has 4 heteroatoms. The maximum atomic E-state index is 12.0. The van der Waals surface area contributed by atoms with E-state index in [1.165, 1.54) is 0 Å². The van der Waals surface area contributed by atoms with Crippen molar-refractivity contribution in [1.29, 1.82) is 0 Å². The smallest absolute Gasteiger partial charge is 0.338 e. The van der Waals surface area contributed by atoms with E-state index in [0.29, 0.717) is 5.56 Å². The summed E-state index contributed by atoms with van der Waals surface area (Å²) >= 11 is 0. The summed E-state index contributed by atoms with van der Waals surface area (Å²) in [7, 11) is 0. The summed E-state index contributed by atoms with van der Waals surface area (Å²) in [5, 5.41) is 4.83. The Morgan fingerprint density at radius 2 is 1.86 bits per heavy atom. The van der Waals surface area contributed by atoms with Crippen molar-refractivity contribution in [2.24, 2.45) is 0 Å². The fourth-order valence-corrected chi connectivity index (χ4v) is 2.35. The molecule has 4 nitrogen and oxygen atoms in total. The van der Waals surface area contributed by atoms with E-state index in [9.17, 15) is 9.59 Å². The number of hydrogen-bond acceptors (Lipinski definition) is 3. The Labute approximate surface area is 130 Å². The summed E-state index contributed by atoms with van der Waals surface area (Å²) in [4.78, 5) is 23.7. The number of hydrogen-bond donors (Lipinski definition) is 1. The monoisotopic (exact) mass is 299 g/mol. The van der Waals surface area contributed by atoms with E-state index in [-0.39, 0.29) is 18.6 Å². The van der Waals surface area contributed by atoms with E-state index in [1.54, 1.807) is 12.1 Å². The minimum absolute atomic E-state index is 0.0943. The van der Waals surface area contributed by atoms with Crippen molar-refractivity contribution in [2.45, 2.75) is 32.7 Å². The Balaban J connectivity index is 1.92. The van der Waals surface area contributed by atoms with E-state index in [1.807, 2.05) is 37.3 Å². The highest BCUT2D eigenvalue weighted by Gasteiger charge is 2.12. The third kappa shape index (κ3) is 4.32. The van der Waals surface area contributed by atoms with Crippen molar-refractivity contribution < 1.29 is 14.3 Å². The van der Waals surface area contributed by atoms with Gasteiger partial charge < -0.3 is 10.1 Å². The van der Waals surface area contributed by atoms with Gasteiger partial charge in [-0.2, -0.15) is 0 Å². The van der Waals surface area contributed by atoms with Crippen LogP contribution in [0.3, 0.4) is 0 Å².